The summed E-state index contributed by atoms with van der Waals surface area (Å²) in [6.45, 7) is 1.58. The molecule has 5 heteroatoms. The van der Waals surface area contributed by atoms with E-state index in [9.17, 15) is 9.59 Å². The number of carboxylic acid groups (broad SMARTS) is 1. The van der Waals surface area contributed by atoms with Gasteiger partial charge in [0.1, 0.15) is 4.88 Å². The molecule has 1 amide bonds. The summed E-state index contributed by atoms with van der Waals surface area (Å²) >= 11 is 1.05. The zero-order valence-electron chi connectivity index (χ0n) is 8.81. The Labute approximate surface area is 97.5 Å². The largest absolute Gasteiger partial charge is 0.477 e. The summed E-state index contributed by atoms with van der Waals surface area (Å²) in [5.74, 6) is -1.00. The van der Waals surface area contributed by atoms with Gasteiger partial charge in [-0.25, -0.2) is 4.79 Å². The first-order valence-corrected chi connectivity index (χ1v) is 6.12. The van der Waals surface area contributed by atoms with Crippen molar-refractivity contribution in [2.75, 3.05) is 13.1 Å². The molecule has 1 saturated heterocycles. The van der Waals surface area contributed by atoms with Crippen molar-refractivity contribution in [3.05, 3.63) is 21.9 Å². The fraction of sp³-hybridized carbons (Fsp3) is 0.455. The number of amides is 1. The molecular formula is C11H13NO3S. The maximum Gasteiger partial charge on any atom is 0.345 e. The van der Waals surface area contributed by atoms with Crippen LogP contribution in [-0.4, -0.2) is 35.0 Å². The van der Waals surface area contributed by atoms with Crippen LogP contribution in [0.2, 0.25) is 0 Å². The molecule has 1 aromatic heterocycles. The molecule has 0 aliphatic carbocycles. The van der Waals surface area contributed by atoms with Gasteiger partial charge in [-0.15, -0.1) is 11.3 Å². The van der Waals surface area contributed by atoms with Crippen molar-refractivity contribution in [2.45, 2.75) is 19.3 Å². The van der Waals surface area contributed by atoms with Crippen LogP contribution in [0.15, 0.2) is 12.1 Å². The lowest BCUT2D eigenvalue weighted by Crippen LogP contribution is -2.35. The number of likely N-dealkylation sites (tertiary alicyclic amines) is 1. The minimum absolute atomic E-state index is 0.0304. The molecule has 1 fully saturated rings. The molecule has 0 saturated carbocycles. The Morgan fingerprint density at radius 1 is 1.12 bits per heavy atom. The Hall–Kier alpha value is -1.36. The molecule has 0 bridgehead atoms. The first-order chi connectivity index (χ1) is 7.68. The van der Waals surface area contributed by atoms with Crippen LogP contribution in [0.3, 0.4) is 0 Å². The normalized spacial score (nSPS) is 16.1. The smallest absolute Gasteiger partial charge is 0.345 e. The van der Waals surface area contributed by atoms with Crippen molar-refractivity contribution in [2.24, 2.45) is 0 Å². The predicted molar refractivity (Wildman–Crippen MR) is 61.0 cm³/mol. The maximum atomic E-state index is 12.0. The first kappa shape index (κ1) is 11.1. The molecule has 1 N–H and O–H groups in total. The van der Waals surface area contributed by atoms with Crippen molar-refractivity contribution in [3.8, 4) is 0 Å². The van der Waals surface area contributed by atoms with Crippen LogP contribution in [-0.2, 0) is 0 Å². The molecule has 2 rings (SSSR count). The molecular weight excluding hydrogens is 226 g/mol. The number of carboxylic acids is 1. The Bertz CT molecular complexity index is 407. The van der Waals surface area contributed by atoms with E-state index in [-0.39, 0.29) is 10.8 Å². The maximum absolute atomic E-state index is 12.0. The molecule has 0 spiro atoms. The summed E-state index contributed by atoms with van der Waals surface area (Å²) in [6.07, 6.45) is 3.26. The topological polar surface area (TPSA) is 57.6 Å². The van der Waals surface area contributed by atoms with Crippen molar-refractivity contribution < 1.29 is 14.7 Å². The zero-order valence-corrected chi connectivity index (χ0v) is 9.63. The number of piperidine rings is 1. The van der Waals surface area contributed by atoms with Crippen molar-refractivity contribution >= 4 is 23.2 Å². The lowest BCUT2D eigenvalue weighted by atomic mass is 10.1. The molecule has 0 radical (unpaired) electrons. The van der Waals surface area contributed by atoms with Gasteiger partial charge in [0.15, 0.2) is 0 Å². The van der Waals surface area contributed by atoms with Crippen molar-refractivity contribution in [1.29, 1.82) is 0 Å². The van der Waals surface area contributed by atoms with E-state index < -0.39 is 5.97 Å². The van der Waals surface area contributed by atoms with Gasteiger partial charge in [0.25, 0.3) is 5.91 Å². The van der Waals surface area contributed by atoms with Gasteiger partial charge in [0.2, 0.25) is 0 Å². The van der Waals surface area contributed by atoms with Gasteiger partial charge in [-0.2, -0.15) is 0 Å². The minimum Gasteiger partial charge on any atom is -0.477 e. The standard InChI is InChI=1S/C11H13NO3S/c13-10(12-6-2-1-3-7-12)8-4-5-9(16-8)11(14)15/h4-5H,1-3,6-7H2,(H,14,15). The molecule has 0 unspecified atom stereocenters. The third-order valence-corrected chi connectivity index (χ3v) is 3.73. The van der Waals surface area contributed by atoms with Gasteiger partial charge in [0.05, 0.1) is 4.88 Å². The van der Waals surface area contributed by atoms with Gasteiger partial charge in [-0.1, -0.05) is 0 Å². The van der Waals surface area contributed by atoms with Gasteiger partial charge >= 0.3 is 5.97 Å². The molecule has 1 aromatic rings. The van der Waals surface area contributed by atoms with Gasteiger partial charge < -0.3 is 10.0 Å². The number of carbonyl (C=O) groups excluding carboxylic acids is 1. The third-order valence-electron chi connectivity index (χ3n) is 2.67. The number of hydrogen-bond donors (Lipinski definition) is 1. The van der Waals surface area contributed by atoms with E-state index in [4.69, 9.17) is 5.11 Å². The molecule has 86 valence electrons. The monoisotopic (exact) mass is 239 g/mol. The van der Waals surface area contributed by atoms with E-state index in [0.29, 0.717) is 4.88 Å². The van der Waals surface area contributed by atoms with Crippen molar-refractivity contribution in [1.82, 2.24) is 4.90 Å². The molecule has 1 aliphatic heterocycles. The van der Waals surface area contributed by atoms with Crippen molar-refractivity contribution in [3.63, 3.8) is 0 Å². The molecule has 1 aliphatic rings. The van der Waals surface area contributed by atoms with Crippen LogP contribution in [0.25, 0.3) is 0 Å². The fourth-order valence-electron chi connectivity index (χ4n) is 1.82. The van der Waals surface area contributed by atoms with Crippen LogP contribution < -0.4 is 0 Å². The highest BCUT2D eigenvalue weighted by Gasteiger charge is 2.20. The summed E-state index contributed by atoms with van der Waals surface area (Å²) in [6, 6.07) is 3.09. The average Bonchev–Trinajstić information content (AvgIpc) is 2.78. The molecule has 4 nitrogen and oxygen atoms in total. The highest BCUT2D eigenvalue weighted by Crippen LogP contribution is 2.20. The third kappa shape index (κ3) is 2.24. The first-order valence-electron chi connectivity index (χ1n) is 5.31. The summed E-state index contributed by atoms with van der Waals surface area (Å²) < 4.78 is 0. The van der Waals surface area contributed by atoms with E-state index in [2.05, 4.69) is 0 Å². The number of carbonyl (C=O) groups is 2. The highest BCUT2D eigenvalue weighted by atomic mass is 32.1. The summed E-state index contributed by atoms with van der Waals surface area (Å²) in [5.41, 5.74) is 0. The molecule has 2 heterocycles. The zero-order chi connectivity index (χ0) is 11.5. The number of nitrogens with zero attached hydrogens (tertiary/aromatic N) is 1. The quantitative estimate of drug-likeness (QED) is 0.859. The number of rotatable bonds is 2. The summed E-state index contributed by atoms with van der Waals surface area (Å²) in [7, 11) is 0. The van der Waals surface area contributed by atoms with Gasteiger partial charge in [0, 0.05) is 13.1 Å². The van der Waals surface area contributed by atoms with Crippen LogP contribution in [0.1, 0.15) is 38.6 Å². The van der Waals surface area contributed by atoms with Gasteiger partial charge in [-0.05, 0) is 31.4 Å². The average molecular weight is 239 g/mol. The SMILES string of the molecule is O=C(O)c1ccc(C(=O)N2CCCCC2)s1. The highest BCUT2D eigenvalue weighted by molar-refractivity contribution is 7.15. The molecule has 16 heavy (non-hydrogen) atoms. The Morgan fingerprint density at radius 3 is 2.31 bits per heavy atom. The van der Waals surface area contributed by atoms with E-state index in [1.165, 1.54) is 12.5 Å². The molecule has 0 atom stereocenters. The van der Waals surface area contributed by atoms with Crippen LogP contribution >= 0.6 is 11.3 Å². The van der Waals surface area contributed by atoms with Gasteiger partial charge in [-0.3, -0.25) is 4.79 Å². The lowest BCUT2D eigenvalue weighted by Gasteiger charge is -2.26. The van der Waals surface area contributed by atoms with E-state index in [1.807, 2.05) is 0 Å². The number of aromatic carboxylic acids is 1. The second kappa shape index (κ2) is 4.65. The summed E-state index contributed by atoms with van der Waals surface area (Å²) in [4.78, 5) is 25.2. The summed E-state index contributed by atoms with van der Waals surface area (Å²) in [5, 5.41) is 8.78. The second-order valence-corrected chi connectivity index (χ2v) is 4.91. The predicted octanol–water partition coefficient (Wildman–Crippen LogP) is 2.07. The van der Waals surface area contributed by atoms with Crippen LogP contribution in [0.4, 0.5) is 0 Å². The van der Waals surface area contributed by atoms with Crippen LogP contribution in [0.5, 0.6) is 0 Å². The Balaban J connectivity index is 2.10. The number of thiophene rings is 1. The Kier molecular flexibility index (Phi) is 3.24. The molecule has 0 aromatic carbocycles. The minimum atomic E-state index is -0.970. The van der Waals surface area contributed by atoms with E-state index in [0.717, 1.165) is 37.3 Å². The lowest BCUT2D eigenvalue weighted by molar-refractivity contribution is 0.0700. The number of hydrogen-bond acceptors (Lipinski definition) is 3. The van der Waals surface area contributed by atoms with E-state index >= 15 is 0 Å². The fourth-order valence-corrected chi connectivity index (χ4v) is 2.63. The van der Waals surface area contributed by atoms with Crippen LogP contribution in [0, 0.1) is 0 Å². The van der Waals surface area contributed by atoms with E-state index in [1.54, 1.807) is 11.0 Å². The second-order valence-electron chi connectivity index (χ2n) is 3.82. The Morgan fingerprint density at radius 2 is 1.75 bits per heavy atom.